The second-order valence-corrected chi connectivity index (χ2v) is 10.4. The number of hydrogen-bond donors (Lipinski definition) is 1. The second-order valence-electron chi connectivity index (χ2n) is 10.4. The number of carbonyl (C=O) groups is 1. The van der Waals surface area contributed by atoms with Crippen LogP contribution in [-0.2, 0) is 6.61 Å². The first-order chi connectivity index (χ1) is 21.6. The number of aromatic nitrogens is 1. The largest absolute Gasteiger partial charge is 0.490 e. The Morgan fingerprint density at radius 3 is 2.39 bits per heavy atom. The van der Waals surface area contributed by atoms with E-state index in [0.29, 0.717) is 30.3 Å². The Morgan fingerprint density at radius 2 is 1.57 bits per heavy atom. The van der Waals surface area contributed by atoms with Crippen LogP contribution in [-0.4, -0.2) is 23.3 Å². The van der Waals surface area contributed by atoms with Crippen LogP contribution in [0.4, 0.5) is 0 Å². The molecular weight excluding hydrogens is 546 g/mol. The number of hydrogen-bond acceptors (Lipinski definition) is 4. The van der Waals surface area contributed by atoms with Gasteiger partial charge in [0.15, 0.2) is 11.5 Å². The van der Waals surface area contributed by atoms with Crippen LogP contribution in [0.1, 0.15) is 34.1 Å². The lowest BCUT2D eigenvalue weighted by atomic mass is 10.1. The summed E-state index contributed by atoms with van der Waals surface area (Å²) in [4.78, 5) is 12.8. The van der Waals surface area contributed by atoms with E-state index in [-0.39, 0.29) is 5.91 Å². The van der Waals surface area contributed by atoms with Gasteiger partial charge < -0.3 is 14.0 Å². The lowest BCUT2D eigenvalue weighted by molar-refractivity contribution is 0.0955. The zero-order chi connectivity index (χ0) is 30.3. The topological polar surface area (TPSA) is 64.8 Å². The normalized spacial score (nSPS) is 11.1. The Kier molecular flexibility index (Phi) is 8.50. The summed E-state index contributed by atoms with van der Waals surface area (Å²) in [5, 5.41) is 6.53. The van der Waals surface area contributed by atoms with Gasteiger partial charge in [0, 0.05) is 16.9 Å². The number of benzene rings is 5. The van der Waals surface area contributed by atoms with Gasteiger partial charge in [-0.25, -0.2) is 5.43 Å². The molecule has 1 amide bonds. The van der Waals surface area contributed by atoms with Crippen LogP contribution in [0, 0.1) is 6.92 Å². The van der Waals surface area contributed by atoms with Gasteiger partial charge in [0.25, 0.3) is 5.91 Å². The van der Waals surface area contributed by atoms with Gasteiger partial charge in [-0.1, -0.05) is 72.8 Å². The summed E-state index contributed by atoms with van der Waals surface area (Å²) in [6, 6.07) is 42.1. The number of hydrazone groups is 1. The zero-order valence-corrected chi connectivity index (χ0v) is 24.7. The molecule has 5 aromatic carbocycles. The molecular formula is C38H33N3O3. The minimum atomic E-state index is -0.291. The molecule has 0 saturated heterocycles. The summed E-state index contributed by atoms with van der Waals surface area (Å²) in [6.07, 6.45) is 1.60. The zero-order valence-electron chi connectivity index (χ0n) is 24.7. The number of rotatable bonds is 10. The summed E-state index contributed by atoms with van der Waals surface area (Å²) in [5.41, 5.74) is 9.36. The lowest BCUT2D eigenvalue weighted by Crippen LogP contribution is -2.17. The molecule has 1 N–H and O–H groups in total. The van der Waals surface area contributed by atoms with Crippen molar-refractivity contribution in [2.75, 3.05) is 6.61 Å². The van der Waals surface area contributed by atoms with Crippen LogP contribution >= 0.6 is 0 Å². The first kappa shape index (κ1) is 28.5. The molecule has 6 rings (SSSR count). The third kappa shape index (κ3) is 6.25. The maximum atomic E-state index is 12.8. The first-order valence-corrected chi connectivity index (χ1v) is 14.6. The van der Waals surface area contributed by atoms with E-state index in [4.69, 9.17) is 9.47 Å². The van der Waals surface area contributed by atoms with Gasteiger partial charge >= 0.3 is 0 Å². The molecule has 0 bridgehead atoms. The minimum absolute atomic E-state index is 0.291. The van der Waals surface area contributed by atoms with E-state index in [2.05, 4.69) is 70.5 Å². The summed E-state index contributed by atoms with van der Waals surface area (Å²) in [5.74, 6) is 0.976. The van der Waals surface area contributed by atoms with Crippen molar-refractivity contribution in [2.45, 2.75) is 20.5 Å². The van der Waals surface area contributed by atoms with E-state index in [1.54, 1.807) is 6.21 Å². The van der Waals surface area contributed by atoms with Crippen LogP contribution in [0.2, 0.25) is 0 Å². The molecule has 0 aliphatic rings. The van der Waals surface area contributed by atoms with Gasteiger partial charge in [-0.05, 0) is 95.9 Å². The summed E-state index contributed by atoms with van der Waals surface area (Å²) in [6.45, 7) is 4.91. The first-order valence-electron chi connectivity index (χ1n) is 14.6. The number of fused-ring (bicyclic) bond motifs is 1. The van der Waals surface area contributed by atoms with Crippen molar-refractivity contribution in [1.82, 2.24) is 9.99 Å². The van der Waals surface area contributed by atoms with E-state index in [0.717, 1.165) is 33.8 Å². The Hall–Kier alpha value is -5.62. The number of aryl methyl sites for hydroxylation is 1. The van der Waals surface area contributed by atoms with Gasteiger partial charge in [-0.15, -0.1) is 0 Å². The third-order valence-electron chi connectivity index (χ3n) is 7.44. The maximum Gasteiger partial charge on any atom is 0.271 e. The van der Waals surface area contributed by atoms with E-state index < -0.39 is 0 Å². The summed E-state index contributed by atoms with van der Waals surface area (Å²) >= 11 is 0. The molecule has 218 valence electrons. The molecule has 0 aliphatic carbocycles. The Labute approximate surface area is 257 Å². The van der Waals surface area contributed by atoms with Crippen molar-refractivity contribution >= 4 is 22.9 Å². The Balaban J connectivity index is 1.11. The highest BCUT2D eigenvalue weighted by molar-refractivity contribution is 5.95. The van der Waals surface area contributed by atoms with Crippen molar-refractivity contribution in [3.05, 3.63) is 150 Å². The van der Waals surface area contributed by atoms with E-state index >= 15 is 0 Å². The third-order valence-corrected chi connectivity index (χ3v) is 7.44. The standard InChI is InChI=1S/C38H33N3O3/c1-3-43-37-24-28(17-23-36(37)44-26-32-14-9-13-29-10-7-8-15-34(29)32)25-39-40-38(42)31-18-20-33(21-19-31)41-27(2)16-22-35(41)30-11-5-4-6-12-30/h4-25H,3,26H2,1-2H3,(H,40,42)/b39-25-. The number of amides is 1. The quantitative estimate of drug-likeness (QED) is 0.131. The molecule has 6 heteroatoms. The molecule has 1 aromatic heterocycles. The fraction of sp³-hybridized carbons (Fsp3) is 0.105. The van der Waals surface area contributed by atoms with Crippen LogP contribution in [0.15, 0.2) is 132 Å². The van der Waals surface area contributed by atoms with Gasteiger partial charge in [-0.2, -0.15) is 5.10 Å². The molecule has 0 fully saturated rings. The van der Waals surface area contributed by atoms with Crippen molar-refractivity contribution < 1.29 is 14.3 Å². The highest BCUT2D eigenvalue weighted by Crippen LogP contribution is 2.30. The van der Waals surface area contributed by atoms with E-state index in [1.807, 2.05) is 85.8 Å². The fourth-order valence-corrected chi connectivity index (χ4v) is 5.27. The molecule has 0 unspecified atom stereocenters. The second kappa shape index (κ2) is 13.1. The number of carbonyl (C=O) groups excluding carboxylic acids is 1. The molecule has 1 heterocycles. The van der Waals surface area contributed by atoms with Crippen molar-refractivity contribution in [3.8, 4) is 28.4 Å². The molecule has 0 saturated carbocycles. The lowest BCUT2D eigenvalue weighted by Gasteiger charge is -2.14. The van der Waals surface area contributed by atoms with Crippen LogP contribution in [0.3, 0.4) is 0 Å². The highest BCUT2D eigenvalue weighted by Gasteiger charge is 2.12. The SMILES string of the molecule is CCOc1cc(/C=N\NC(=O)c2ccc(-n3c(C)ccc3-c3ccccc3)cc2)ccc1OCc1cccc2ccccc12. The highest BCUT2D eigenvalue weighted by atomic mass is 16.5. The molecule has 0 aliphatic heterocycles. The fourth-order valence-electron chi connectivity index (χ4n) is 5.27. The molecule has 0 spiro atoms. The Bertz CT molecular complexity index is 1920. The number of nitrogens with one attached hydrogen (secondary N) is 1. The molecule has 6 aromatic rings. The van der Waals surface area contributed by atoms with Gasteiger partial charge in [0.1, 0.15) is 6.61 Å². The van der Waals surface area contributed by atoms with Crippen LogP contribution < -0.4 is 14.9 Å². The monoisotopic (exact) mass is 579 g/mol. The van der Waals surface area contributed by atoms with Crippen LogP contribution in [0.25, 0.3) is 27.7 Å². The number of ether oxygens (including phenoxy) is 2. The molecule has 44 heavy (non-hydrogen) atoms. The minimum Gasteiger partial charge on any atom is -0.490 e. The van der Waals surface area contributed by atoms with E-state index in [9.17, 15) is 4.79 Å². The average Bonchev–Trinajstić information content (AvgIpc) is 3.46. The Morgan fingerprint density at radius 1 is 0.795 bits per heavy atom. The van der Waals surface area contributed by atoms with Gasteiger partial charge in [0.2, 0.25) is 0 Å². The molecule has 0 radical (unpaired) electrons. The van der Waals surface area contributed by atoms with Crippen molar-refractivity contribution in [2.24, 2.45) is 5.10 Å². The maximum absolute atomic E-state index is 12.8. The summed E-state index contributed by atoms with van der Waals surface area (Å²) < 4.78 is 14.2. The molecule has 6 nitrogen and oxygen atoms in total. The van der Waals surface area contributed by atoms with Crippen molar-refractivity contribution in [1.29, 1.82) is 0 Å². The van der Waals surface area contributed by atoms with Gasteiger partial charge in [-0.3, -0.25) is 4.79 Å². The number of nitrogens with zero attached hydrogens (tertiary/aromatic N) is 2. The average molecular weight is 580 g/mol. The molecule has 0 atom stereocenters. The smallest absolute Gasteiger partial charge is 0.271 e. The predicted octanol–water partition coefficient (Wildman–Crippen LogP) is 8.35. The van der Waals surface area contributed by atoms with Crippen molar-refractivity contribution in [3.63, 3.8) is 0 Å². The van der Waals surface area contributed by atoms with Gasteiger partial charge in [0.05, 0.1) is 18.5 Å². The van der Waals surface area contributed by atoms with Crippen LogP contribution in [0.5, 0.6) is 11.5 Å². The predicted molar refractivity (Wildman–Crippen MR) is 177 cm³/mol. The summed E-state index contributed by atoms with van der Waals surface area (Å²) in [7, 11) is 0. The van der Waals surface area contributed by atoms with E-state index in [1.165, 1.54) is 10.8 Å².